The Hall–Kier alpha value is -2.54. The zero-order valence-corrected chi connectivity index (χ0v) is 15.2. The maximum atomic E-state index is 12.4. The third kappa shape index (κ3) is 4.54. The quantitative estimate of drug-likeness (QED) is 0.674. The third-order valence-electron chi connectivity index (χ3n) is 4.20. The Labute approximate surface area is 156 Å². The lowest BCUT2D eigenvalue weighted by atomic mass is 10.1. The molecule has 1 saturated heterocycles. The van der Waals surface area contributed by atoms with E-state index >= 15 is 0 Å². The molecule has 140 valence electrons. The predicted octanol–water partition coefficient (Wildman–Crippen LogP) is 2.24. The number of nitrogens with zero attached hydrogens (tertiary/aromatic N) is 1. The fourth-order valence-corrected chi connectivity index (χ4v) is 2.99. The number of hydrogen-bond acceptors (Lipinski definition) is 4. The van der Waals surface area contributed by atoms with Gasteiger partial charge in [-0.2, -0.15) is 0 Å². The average molecular weight is 381 g/mol. The van der Waals surface area contributed by atoms with E-state index in [0.29, 0.717) is 22.9 Å². The highest BCUT2D eigenvalue weighted by Crippen LogP contribution is 2.35. The first-order valence-electron chi connectivity index (χ1n) is 8.15. The first-order valence-corrected chi connectivity index (χ1v) is 8.53. The molecule has 2 amide bonds. The molecule has 7 nitrogen and oxygen atoms in total. The minimum atomic E-state index is -1.11. The molecule has 1 aliphatic heterocycles. The molecule has 1 aliphatic rings. The van der Waals surface area contributed by atoms with Gasteiger partial charge in [-0.3, -0.25) is 9.59 Å². The van der Waals surface area contributed by atoms with Crippen molar-refractivity contribution in [1.29, 1.82) is 0 Å². The van der Waals surface area contributed by atoms with E-state index in [1.807, 2.05) is 0 Å². The second kappa shape index (κ2) is 8.71. The number of carbonyl (C=O) groups excluding carboxylic acids is 2. The average Bonchev–Trinajstić information content (AvgIpc) is 2.99. The summed E-state index contributed by atoms with van der Waals surface area (Å²) in [7, 11) is 1.48. The lowest BCUT2D eigenvalue weighted by molar-refractivity contribution is -0.142. The maximum absolute atomic E-state index is 12.4. The van der Waals surface area contributed by atoms with Gasteiger partial charge < -0.3 is 20.1 Å². The molecule has 2 N–H and O–H groups in total. The number of anilines is 1. The Kier molecular flexibility index (Phi) is 6.63. The van der Waals surface area contributed by atoms with Gasteiger partial charge in [-0.1, -0.05) is 17.7 Å². The Morgan fingerprint density at radius 1 is 1.54 bits per heavy atom. The molecule has 0 bridgehead atoms. The van der Waals surface area contributed by atoms with E-state index in [9.17, 15) is 19.5 Å². The number of carbonyl (C=O) groups is 3. The number of rotatable bonds is 8. The van der Waals surface area contributed by atoms with Crippen molar-refractivity contribution in [2.75, 3.05) is 18.6 Å². The molecule has 1 fully saturated rings. The van der Waals surface area contributed by atoms with Crippen LogP contribution in [-0.2, 0) is 14.4 Å². The van der Waals surface area contributed by atoms with Crippen LogP contribution >= 0.6 is 11.6 Å². The molecule has 2 atom stereocenters. The highest BCUT2D eigenvalue weighted by Gasteiger charge is 2.37. The molecule has 1 aromatic rings. The van der Waals surface area contributed by atoms with Crippen LogP contribution in [0.2, 0.25) is 5.02 Å². The zero-order chi connectivity index (χ0) is 19.3. The van der Waals surface area contributed by atoms with Gasteiger partial charge in [0.05, 0.1) is 18.7 Å². The van der Waals surface area contributed by atoms with Gasteiger partial charge >= 0.3 is 5.97 Å². The summed E-state index contributed by atoms with van der Waals surface area (Å²) in [6.45, 7) is 3.68. The van der Waals surface area contributed by atoms with Crippen LogP contribution in [-0.4, -0.2) is 42.6 Å². The smallest absolute Gasteiger partial charge is 0.326 e. The van der Waals surface area contributed by atoms with Crippen molar-refractivity contribution in [3.8, 4) is 5.75 Å². The molecule has 0 aliphatic carbocycles. The minimum Gasteiger partial charge on any atom is -0.495 e. The van der Waals surface area contributed by atoms with Crippen LogP contribution in [0, 0.1) is 5.92 Å². The molecule has 0 radical (unpaired) electrons. The second-order valence-corrected chi connectivity index (χ2v) is 6.42. The van der Waals surface area contributed by atoms with E-state index < -0.39 is 23.8 Å². The van der Waals surface area contributed by atoms with Crippen LogP contribution in [0.4, 0.5) is 5.69 Å². The van der Waals surface area contributed by atoms with Gasteiger partial charge in [0, 0.05) is 18.0 Å². The van der Waals surface area contributed by atoms with E-state index in [-0.39, 0.29) is 25.3 Å². The molecule has 1 aromatic carbocycles. The van der Waals surface area contributed by atoms with Crippen LogP contribution in [0.5, 0.6) is 5.75 Å². The number of carboxylic acids is 1. The van der Waals surface area contributed by atoms with E-state index in [2.05, 4.69) is 11.9 Å². The molecule has 1 heterocycles. The topological polar surface area (TPSA) is 95.9 Å². The number of benzene rings is 1. The number of nitrogens with one attached hydrogen (secondary N) is 1. The molecule has 0 spiro atoms. The summed E-state index contributed by atoms with van der Waals surface area (Å²) in [5.41, 5.74) is 0.488. The fourth-order valence-electron chi connectivity index (χ4n) is 2.82. The normalized spacial score (nSPS) is 17.7. The number of ether oxygens (including phenoxy) is 1. The van der Waals surface area contributed by atoms with Crippen LogP contribution < -0.4 is 15.0 Å². The molecule has 0 aromatic heterocycles. The Bertz CT molecular complexity index is 722. The molecule has 2 rings (SSSR count). The van der Waals surface area contributed by atoms with Gasteiger partial charge in [-0.15, -0.1) is 6.58 Å². The van der Waals surface area contributed by atoms with Gasteiger partial charge in [0.15, 0.2) is 0 Å². The summed E-state index contributed by atoms with van der Waals surface area (Å²) >= 11 is 6.00. The third-order valence-corrected chi connectivity index (χ3v) is 4.44. The SMILES string of the molecule is C=CCCC(NC(=O)C1CC(=O)N(c2cc(Cl)ccc2OC)C1)C(=O)O. The van der Waals surface area contributed by atoms with E-state index in [1.54, 1.807) is 24.3 Å². The van der Waals surface area contributed by atoms with Crippen LogP contribution in [0.25, 0.3) is 0 Å². The van der Waals surface area contributed by atoms with E-state index in [4.69, 9.17) is 16.3 Å². The number of aliphatic carboxylic acids is 1. The lowest BCUT2D eigenvalue weighted by Crippen LogP contribution is -2.44. The van der Waals surface area contributed by atoms with E-state index in [1.165, 1.54) is 12.0 Å². The van der Waals surface area contributed by atoms with Gasteiger partial charge in [-0.05, 0) is 31.0 Å². The van der Waals surface area contributed by atoms with Crippen LogP contribution in [0.1, 0.15) is 19.3 Å². The summed E-state index contributed by atoms with van der Waals surface area (Å²) in [6, 6.07) is 3.88. The van der Waals surface area contributed by atoms with Crippen molar-refractivity contribution in [3.63, 3.8) is 0 Å². The zero-order valence-electron chi connectivity index (χ0n) is 14.4. The Morgan fingerprint density at radius 2 is 2.27 bits per heavy atom. The fraction of sp³-hybridized carbons (Fsp3) is 0.389. The van der Waals surface area contributed by atoms with Gasteiger partial charge in [0.1, 0.15) is 11.8 Å². The van der Waals surface area contributed by atoms with Crippen molar-refractivity contribution in [3.05, 3.63) is 35.9 Å². The van der Waals surface area contributed by atoms with Crippen molar-refractivity contribution in [2.24, 2.45) is 5.92 Å². The molecule has 0 saturated carbocycles. The lowest BCUT2D eigenvalue weighted by Gasteiger charge is -2.20. The monoisotopic (exact) mass is 380 g/mol. The molecular formula is C18H21ClN2O5. The number of carboxylic acid groups (broad SMARTS) is 1. The number of hydrogen-bond donors (Lipinski definition) is 2. The maximum Gasteiger partial charge on any atom is 0.326 e. The number of amides is 2. The number of allylic oxidation sites excluding steroid dienone is 1. The molecule has 2 unspecified atom stereocenters. The first kappa shape index (κ1) is 19.8. The summed E-state index contributed by atoms with van der Waals surface area (Å²) in [4.78, 5) is 37.5. The summed E-state index contributed by atoms with van der Waals surface area (Å²) in [5, 5.41) is 12.2. The highest BCUT2D eigenvalue weighted by atomic mass is 35.5. The van der Waals surface area contributed by atoms with Crippen molar-refractivity contribution < 1.29 is 24.2 Å². The first-order chi connectivity index (χ1) is 12.4. The summed E-state index contributed by atoms with van der Waals surface area (Å²) in [5.74, 6) is -1.99. The standard InChI is InChI=1S/C18H21ClN2O5/c1-3-4-5-13(18(24)25)20-17(23)11-8-16(22)21(10-11)14-9-12(19)6-7-15(14)26-2/h3,6-7,9,11,13H,1,4-5,8,10H2,2H3,(H,20,23)(H,24,25). The van der Waals surface area contributed by atoms with Gasteiger partial charge in [0.25, 0.3) is 0 Å². The summed E-state index contributed by atoms with van der Waals surface area (Å²) < 4.78 is 5.26. The second-order valence-electron chi connectivity index (χ2n) is 5.99. The Morgan fingerprint density at radius 3 is 2.88 bits per heavy atom. The predicted molar refractivity (Wildman–Crippen MR) is 97.5 cm³/mol. The largest absolute Gasteiger partial charge is 0.495 e. The number of methoxy groups -OCH3 is 1. The van der Waals surface area contributed by atoms with Gasteiger partial charge in [0.2, 0.25) is 11.8 Å². The summed E-state index contributed by atoms with van der Waals surface area (Å²) in [6.07, 6.45) is 2.30. The minimum absolute atomic E-state index is 0.00466. The van der Waals surface area contributed by atoms with Crippen molar-refractivity contribution in [2.45, 2.75) is 25.3 Å². The van der Waals surface area contributed by atoms with Crippen molar-refractivity contribution >= 4 is 35.1 Å². The van der Waals surface area contributed by atoms with Crippen LogP contribution in [0.3, 0.4) is 0 Å². The van der Waals surface area contributed by atoms with Crippen molar-refractivity contribution in [1.82, 2.24) is 5.32 Å². The van der Waals surface area contributed by atoms with E-state index in [0.717, 1.165) is 0 Å². The molecule has 8 heteroatoms. The van der Waals surface area contributed by atoms with Gasteiger partial charge in [-0.25, -0.2) is 4.79 Å². The molecular weight excluding hydrogens is 360 g/mol. The number of halogens is 1. The van der Waals surface area contributed by atoms with Crippen LogP contribution in [0.15, 0.2) is 30.9 Å². The highest BCUT2D eigenvalue weighted by molar-refractivity contribution is 6.31. The Balaban J connectivity index is 2.11. The molecule has 26 heavy (non-hydrogen) atoms.